The van der Waals surface area contributed by atoms with Crippen LogP contribution in [0.25, 0.3) is 10.2 Å². The molecule has 0 bridgehead atoms. The number of ether oxygens (including phenoxy) is 3. The fourth-order valence-corrected chi connectivity index (χ4v) is 2.85. The van der Waals surface area contributed by atoms with Crippen molar-refractivity contribution in [2.75, 3.05) is 26.4 Å². The Morgan fingerprint density at radius 3 is 2.71 bits per heavy atom. The lowest BCUT2D eigenvalue weighted by Gasteiger charge is -2.07. The Morgan fingerprint density at radius 1 is 1.21 bits per heavy atom. The zero-order chi connectivity index (χ0) is 17.5. The summed E-state index contributed by atoms with van der Waals surface area (Å²) in [5, 5.41) is 1.69. The van der Waals surface area contributed by atoms with E-state index in [9.17, 15) is 14.4 Å². The molecule has 0 aromatic carbocycles. The number of hydrogen-bond donors (Lipinski definition) is 0. The number of fused-ring (bicyclic) bond motifs is 1. The Hall–Kier alpha value is -2.26. The molecule has 0 N–H and O–H groups in total. The summed E-state index contributed by atoms with van der Waals surface area (Å²) in [5.74, 6) is -1.16. The molecule has 2 aromatic heterocycles. The molecule has 0 aliphatic rings. The molecule has 0 saturated carbocycles. The van der Waals surface area contributed by atoms with Crippen molar-refractivity contribution in [1.29, 1.82) is 0 Å². The second kappa shape index (κ2) is 8.55. The van der Waals surface area contributed by atoms with E-state index >= 15 is 0 Å². The molecule has 24 heavy (non-hydrogen) atoms. The Labute approximate surface area is 142 Å². The summed E-state index contributed by atoms with van der Waals surface area (Å²) < 4.78 is 16.1. The van der Waals surface area contributed by atoms with Gasteiger partial charge in [-0.15, -0.1) is 11.3 Å². The molecular formula is C15H18N2O6S. The molecule has 0 amide bonds. The highest BCUT2D eigenvalue weighted by Gasteiger charge is 2.19. The number of rotatable bonds is 8. The van der Waals surface area contributed by atoms with Gasteiger partial charge in [0.05, 0.1) is 30.5 Å². The van der Waals surface area contributed by atoms with Crippen molar-refractivity contribution < 1.29 is 23.8 Å². The van der Waals surface area contributed by atoms with Gasteiger partial charge in [-0.25, -0.2) is 9.78 Å². The lowest BCUT2D eigenvalue weighted by Crippen LogP contribution is -2.27. The third-order valence-corrected chi connectivity index (χ3v) is 3.94. The maximum atomic E-state index is 12.5. The molecule has 0 aliphatic carbocycles. The van der Waals surface area contributed by atoms with Gasteiger partial charge in [0.15, 0.2) is 0 Å². The van der Waals surface area contributed by atoms with Crippen LogP contribution in [0, 0.1) is 0 Å². The van der Waals surface area contributed by atoms with Crippen LogP contribution in [0.15, 0.2) is 16.5 Å². The normalized spacial score (nSPS) is 10.8. The van der Waals surface area contributed by atoms with Crippen molar-refractivity contribution in [2.45, 2.75) is 20.4 Å². The Balaban J connectivity index is 2.18. The third kappa shape index (κ3) is 4.18. The fraction of sp³-hybridized carbons (Fsp3) is 0.467. The first kappa shape index (κ1) is 18.1. The average molecular weight is 354 g/mol. The maximum absolute atomic E-state index is 12.5. The predicted octanol–water partition coefficient (Wildman–Crippen LogP) is 1.21. The lowest BCUT2D eigenvalue weighted by atomic mass is 10.2. The minimum atomic E-state index is -0.584. The van der Waals surface area contributed by atoms with Crippen LogP contribution in [0.4, 0.5) is 0 Å². The molecule has 8 nitrogen and oxygen atoms in total. The summed E-state index contributed by atoms with van der Waals surface area (Å²) in [4.78, 5) is 40.7. The van der Waals surface area contributed by atoms with Crippen LogP contribution in [-0.2, 0) is 25.5 Å². The van der Waals surface area contributed by atoms with Crippen molar-refractivity contribution in [1.82, 2.24) is 9.55 Å². The van der Waals surface area contributed by atoms with Crippen molar-refractivity contribution in [2.24, 2.45) is 0 Å². The SMILES string of the molecule is CCOCCOC(=O)Cn1cnc2scc(C(=O)OCC)c2c1=O. The summed E-state index contributed by atoms with van der Waals surface area (Å²) in [5.41, 5.74) is -0.320. The Kier molecular flexibility index (Phi) is 6.44. The number of aromatic nitrogens is 2. The fourth-order valence-electron chi connectivity index (χ4n) is 1.98. The summed E-state index contributed by atoms with van der Waals surface area (Å²) in [6, 6.07) is 0. The zero-order valence-corrected chi connectivity index (χ0v) is 14.3. The maximum Gasteiger partial charge on any atom is 0.339 e. The van der Waals surface area contributed by atoms with Crippen LogP contribution < -0.4 is 5.56 Å². The summed E-state index contributed by atoms with van der Waals surface area (Å²) in [6.45, 7) is 4.39. The summed E-state index contributed by atoms with van der Waals surface area (Å²) in [7, 11) is 0. The van der Waals surface area contributed by atoms with E-state index in [-0.39, 0.29) is 30.7 Å². The second-order valence-electron chi connectivity index (χ2n) is 4.65. The van der Waals surface area contributed by atoms with Gasteiger partial charge in [0.2, 0.25) is 0 Å². The van der Waals surface area contributed by atoms with Crippen LogP contribution in [0.3, 0.4) is 0 Å². The summed E-state index contributed by atoms with van der Waals surface area (Å²) >= 11 is 1.17. The minimum Gasteiger partial charge on any atom is -0.462 e. The smallest absolute Gasteiger partial charge is 0.339 e. The largest absolute Gasteiger partial charge is 0.462 e. The van der Waals surface area contributed by atoms with Crippen molar-refractivity contribution in [3.05, 3.63) is 27.6 Å². The van der Waals surface area contributed by atoms with E-state index in [1.165, 1.54) is 23.0 Å². The first-order valence-electron chi connectivity index (χ1n) is 7.45. The van der Waals surface area contributed by atoms with Gasteiger partial charge in [0, 0.05) is 12.0 Å². The number of hydrogen-bond acceptors (Lipinski definition) is 8. The van der Waals surface area contributed by atoms with Gasteiger partial charge in [-0.05, 0) is 13.8 Å². The van der Waals surface area contributed by atoms with E-state index < -0.39 is 17.5 Å². The summed E-state index contributed by atoms with van der Waals surface area (Å²) in [6.07, 6.45) is 1.26. The van der Waals surface area contributed by atoms with Crippen molar-refractivity contribution >= 4 is 33.5 Å². The molecule has 9 heteroatoms. The van der Waals surface area contributed by atoms with Gasteiger partial charge in [-0.2, -0.15) is 0 Å². The molecule has 2 heterocycles. The quantitative estimate of drug-likeness (QED) is 0.519. The number of thiophene rings is 1. The van der Waals surface area contributed by atoms with Crippen LogP contribution in [0.1, 0.15) is 24.2 Å². The van der Waals surface area contributed by atoms with Crippen LogP contribution in [0.2, 0.25) is 0 Å². The predicted molar refractivity (Wildman–Crippen MR) is 87.3 cm³/mol. The lowest BCUT2D eigenvalue weighted by molar-refractivity contribution is -0.145. The number of carbonyl (C=O) groups excluding carboxylic acids is 2. The van der Waals surface area contributed by atoms with E-state index in [1.54, 1.807) is 6.92 Å². The van der Waals surface area contributed by atoms with Gasteiger partial charge in [-0.1, -0.05) is 0 Å². The Morgan fingerprint density at radius 2 is 2.00 bits per heavy atom. The first-order chi connectivity index (χ1) is 11.6. The highest BCUT2D eigenvalue weighted by atomic mass is 32.1. The highest BCUT2D eigenvalue weighted by Crippen LogP contribution is 2.21. The second-order valence-corrected chi connectivity index (χ2v) is 5.50. The van der Waals surface area contributed by atoms with E-state index in [4.69, 9.17) is 14.2 Å². The van der Waals surface area contributed by atoms with Crippen LogP contribution in [-0.4, -0.2) is 47.9 Å². The molecule has 0 spiro atoms. The molecule has 0 saturated heterocycles. The molecule has 130 valence electrons. The number of nitrogens with zero attached hydrogens (tertiary/aromatic N) is 2. The van der Waals surface area contributed by atoms with Gasteiger partial charge in [-0.3, -0.25) is 14.2 Å². The molecular weight excluding hydrogens is 336 g/mol. The van der Waals surface area contributed by atoms with E-state index in [1.807, 2.05) is 6.92 Å². The standard InChI is InChI=1S/C15H18N2O6S/c1-3-21-5-6-23-11(18)7-17-9-16-13-12(14(17)19)10(8-24-13)15(20)22-4-2/h8-9H,3-7H2,1-2H3. The number of esters is 2. The van der Waals surface area contributed by atoms with E-state index in [0.717, 1.165) is 4.57 Å². The molecule has 0 fully saturated rings. The number of carbonyl (C=O) groups is 2. The topological polar surface area (TPSA) is 96.7 Å². The van der Waals surface area contributed by atoms with Gasteiger partial charge in [0.1, 0.15) is 18.0 Å². The third-order valence-electron chi connectivity index (χ3n) is 3.05. The van der Waals surface area contributed by atoms with E-state index in [2.05, 4.69) is 4.98 Å². The van der Waals surface area contributed by atoms with Gasteiger partial charge >= 0.3 is 11.9 Å². The molecule has 2 rings (SSSR count). The van der Waals surface area contributed by atoms with Crippen molar-refractivity contribution in [3.63, 3.8) is 0 Å². The minimum absolute atomic E-state index is 0.115. The first-order valence-corrected chi connectivity index (χ1v) is 8.33. The van der Waals surface area contributed by atoms with E-state index in [0.29, 0.717) is 18.0 Å². The van der Waals surface area contributed by atoms with Gasteiger partial charge in [0.25, 0.3) is 5.56 Å². The molecule has 0 aliphatic heterocycles. The monoisotopic (exact) mass is 354 g/mol. The van der Waals surface area contributed by atoms with Crippen molar-refractivity contribution in [3.8, 4) is 0 Å². The molecule has 2 aromatic rings. The van der Waals surface area contributed by atoms with Crippen LogP contribution in [0.5, 0.6) is 0 Å². The molecule has 0 unspecified atom stereocenters. The molecule has 0 radical (unpaired) electrons. The molecule has 0 atom stereocenters. The Bertz CT molecular complexity index is 782. The van der Waals surface area contributed by atoms with Gasteiger partial charge < -0.3 is 14.2 Å². The zero-order valence-electron chi connectivity index (χ0n) is 13.4. The average Bonchev–Trinajstić information content (AvgIpc) is 2.99. The highest BCUT2D eigenvalue weighted by molar-refractivity contribution is 7.17. The van der Waals surface area contributed by atoms with Crippen LogP contribution >= 0.6 is 11.3 Å².